The summed E-state index contributed by atoms with van der Waals surface area (Å²) in [5, 5.41) is 13.8. The molecular formula is C21H20N2O2. The van der Waals surface area contributed by atoms with Crippen LogP contribution in [0.5, 0.6) is 0 Å². The summed E-state index contributed by atoms with van der Waals surface area (Å²) in [5.41, 5.74) is 2.79. The molecule has 1 aromatic heterocycles. The van der Waals surface area contributed by atoms with Gasteiger partial charge in [0.05, 0.1) is 11.6 Å². The average Bonchev–Trinajstić information content (AvgIpc) is 2.65. The summed E-state index contributed by atoms with van der Waals surface area (Å²) in [4.78, 5) is 16.3. The molecule has 2 aromatic carbocycles. The minimum absolute atomic E-state index is 0.214. The Morgan fingerprint density at radius 3 is 2.72 bits per heavy atom. The predicted octanol–water partition coefficient (Wildman–Crippen LogP) is 2.97. The van der Waals surface area contributed by atoms with Gasteiger partial charge in [0.15, 0.2) is 0 Å². The summed E-state index contributed by atoms with van der Waals surface area (Å²) in [6, 6.07) is 19.4. The van der Waals surface area contributed by atoms with Crippen molar-refractivity contribution in [2.45, 2.75) is 12.5 Å². The second-order valence-corrected chi connectivity index (χ2v) is 5.84. The molecule has 1 heterocycles. The van der Waals surface area contributed by atoms with Crippen LogP contribution < -0.4 is 5.32 Å². The van der Waals surface area contributed by atoms with E-state index in [4.69, 9.17) is 0 Å². The zero-order valence-corrected chi connectivity index (χ0v) is 13.8. The van der Waals surface area contributed by atoms with Gasteiger partial charge in [0, 0.05) is 36.2 Å². The van der Waals surface area contributed by atoms with Gasteiger partial charge in [-0.3, -0.25) is 9.78 Å². The average molecular weight is 332 g/mol. The summed E-state index contributed by atoms with van der Waals surface area (Å²) in [6.45, 7) is 0.214. The number of fused-ring (bicyclic) bond motifs is 1. The van der Waals surface area contributed by atoms with Gasteiger partial charge in [-0.25, -0.2) is 0 Å². The van der Waals surface area contributed by atoms with Gasteiger partial charge in [-0.15, -0.1) is 0 Å². The highest BCUT2D eigenvalue weighted by Crippen LogP contribution is 2.16. The molecule has 3 aromatic rings. The van der Waals surface area contributed by atoms with Crippen molar-refractivity contribution in [1.82, 2.24) is 10.3 Å². The van der Waals surface area contributed by atoms with Crippen molar-refractivity contribution in [3.8, 4) is 0 Å². The molecule has 0 saturated carbocycles. The van der Waals surface area contributed by atoms with Crippen LogP contribution in [0.4, 0.5) is 0 Å². The SMILES string of the molecule is O=C(/C=C/c1cccc2cccnc12)NCC(O)Cc1ccccc1. The van der Waals surface area contributed by atoms with E-state index in [2.05, 4.69) is 10.3 Å². The second kappa shape index (κ2) is 8.22. The first-order valence-electron chi connectivity index (χ1n) is 8.24. The largest absolute Gasteiger partial charge is 0.391 e. The molecular weight excluding hydrogens is 312 g/mol. The lowest BCUT2D eigenvalue weighted by atomic mass is 10.1. The summed E-state index contributed by atoms with van der Waals surface area (Å²) in [7, 11) is 0. The lowest BCUT2D eigenvalue weighted by Gasteiger charge is -2.11. The minimum Gasteiger partial charge on any atom is -0.391 e. The lowest BCUT2D eigenvalue weighted by Crippen LogP contribution is -2.32. The van der Waals surface area contributed by atoms with Crippen LogP contribution in [0.15, 0.2) is 72.9 Å². The Balaban J connectivity index is 1.56. The Morgan fingerprint density at radius 1 is 1.08 bits per heavy atom. The van der Waals surface area contributed by atoms with Crippen LogP contribution in [0.3, 0.4) is 0 Å². The molecule has 4 nitrogen and oxygen atoms in total. The molecule has 0 fully saturated rings. The van der Waals surface area contributed by atoms with Crippen LogP contribution in [0.2, 0.25) is 0 Å². The Labute approximate surface area is 146 Å². The number of pyridine rings is 1. The van der Waals surface area contributed by atoms with Gasteiger partial charge >= 0.3 is 0 Å². The van der Waals surface area contributed by atoms with Crippen molar-refractivity contribution >= 4 is 22.9 Å². The minimum atomic E-state index is -0.612. The molecule has 3 rings (SSSR count). The molecule has 0 aliphatic heterocycles. The van der Waals surface area contributed by atoms with Crippen LogP contribution in [-0.4, -0.2) is 28.6 Å². The molecule has 1 atom stereocenters. The second-order valence-electron chi connectivity index (χ2n) is 5.84. The smallest absolute Gasteiger partial charge is 0.244 e. The van der Waals surface area contributed by atoms with E-state index in [1.54, 1.807) is 12.3 Å². The van der Waals surface area contributed by atoms with Crippen LogP contribution >= 0.6 is 0 Å². The highest BCUT2D eigenvalue weighted by molar-refractivity contribution is 5.95. The van der Waals surface area contributed by atoms with Crippen molar-refractivity contribution in [3.63, 3.8) is 0 Å². The fraction of sp³-hybridized carbons (Fsp3) is 0.143. The van der Waals surface area contributed by atoms with Gasteiger partial charge in [0.1, 0.15) is 0 Å². The van der Waals surface area contributed by atoms with Gasteiger partial charge in [-0.2, -0.15) is 0 Å². The normalized spacial score (nSPS) is 12.4. The quantitative estimate of drug-likeness (QED) is 0.682. The molecule has 1 amide bonds. The first kappa shape index (κ1) is 16.9. The molecule has 0 spiro atoms. The monoisotopic (exact) mass is 332 g/mol. The summed E-state index contributed by atoms with van der Waals surface area (Å²) < 4.78 is 0. The van der Waals surface area contributed by atoms with E-state index in [1.807, 2.05) is 60.7 Å². The maximum absolute atomic E-state index is 12.0. The zero-order valence-electron chi connectivity index (χ0n) is 13.8. The number of amides is 1. The number of nitrogens with zero attached hydrogens (tertiary/aromatic N) is 1. The summed E-state index contributed by atoms with van der Waals surface area (Å²) in [5.74, 6) is -0.236. The van der Waals surface area contributed by atoms with Crippen molar-refractivity contribution in [2.75, 3.05) is 6.54 Å². The van der Waals surface area contributed by atoms with Crippen molar-refractivity contribution < 1.29 is 9.90 Å². The van der Waals surface area contributed by atoms with Crippen LogP contribution in [-0.2, 0) is 11.2 Å². The Hall–Kier alpha value is -2.98. The topological polar surface area (TPSA) is 62.2 Å². The van der Waals surface area contributed by atoms with Gasteiger partial charge in [-0.1, -0.05) is 54.6 Å². The lowest BCUT2D eigenvalue weighted by molar-refractivity contribution is -0.116. The van der Waals surface area contributed by atoms with E-state index in [0.717, 1.165) is 22.0 Å². The van der Waals surface area contributed by atoms with E-state index >= 15 is 0 Å². The standard InChI is InChI=1S/C21H20N2O2/c24-19(14-16-6-2-1-3-7-16)15-23-20(25)12-11-18-9-4-8-17-10-5-13-22-21(17)18/h1-13,19,24H,14-15H2,(H,23,25)/b12-11+. The molecule has 0 bridgehead atoms. The highest BCUT2D eigenvalue weighted by Gasteiger charge is 2.06. The van der Waals surface area contributed by atoms with Crippen LogP contribution in [0.25, 0.3) is 17.0 Å². The fourth-order valence-electron chi connectivity index (χ4n) is 2.66. The van der Waals surface area contributed by atoms with Gasteiger partial charge in [0.2, 0.25) is 5.91 Å². The number of hydrogen-bond acceptors (Lipinski definition) is 3. The number of carbonyl (C=O) groups is 1. The molecule has 126 valence electrons. The Morgan fingerprint density at radius 2 is 1.88 bits per heavy atom. The zero-order chi connectivity index (χ0) is 17.5. The number of rotatable bonds is 6. The third-order valence-corrected chi connectivity index (χ3v) is 3.90. The van der Waals surface area contributed by atoms with Gasteiger partial charge < -0.3 is 10.4 Å². The fourth-order valence-corrected chi connectivity index (χ4v) is 2.66. The van der Waals surface area contributed by atoms with Crippen molar-refractivity contribution in [1.29, 1.82) is 0 Å². The molecule has 2 N–H and O–H groups in total. The summed E-state index contributed by atoms with van der Waals surface area (Å²) >= 11 is 0. The molecule has 0 aliphatic carbocycles. The van der Waals surface area contributed by atoms with E-state index in [9.17, 15) is 9.90 Å². The number of aliphatic hydroxyl groups excluding tert-OH is 1. The third kappa shape index (κ3) is 4.75. The van der Waals surface area contributed by atoms with Crippen LogP contribution in [0, 0.1) is 0 Å². The molecule has 25 heavy (non-hydrogen) atoms. The Kier molecular flexibility index (Phi) is 5.54. The van der Waals surface area contributed by atoms with E-state index in [-0.39, 0.29) is 12.5 Å². The van der Waals surface area contributed by atoms with E-state index in [0.29, 0.717) is 6.42 Å². The van der Waals surface area contributed by atoms with Crippen molar-refractivity contribution in [3.05, 3.63) is 84.1 Å². The predicted molar refractivity (Wildman–Crippen MR) is 99.9 cm³/mol. The van der Waals surface area contributed by atoms with Crippen molar-refractivity contribution in [2.24, 2.45) is 0 Å². The molecule has 1 unspecified atom stereocenters. The maximum Gasteiger partial charge on any atom is 0.244 e. The van der Waals surface area contributed by atoms with E-state index in [1.165, 1.54) is 6.08 Å². The first-order chi connectivity index (χ1) is 12.2. The number of para-hydroxylation sites is 1. The molecule has 0 aliphatic rings. The van der Waals surface area contributed by atoms with Gasteiger partial charge in [-0.05, 0) is 17.7 Å². The number of hydrogen-bond donors (Lipinski definition) is 2. The third-order valence-electron chi connectivity index (χ3n) is 3.90. The highest BCUT2D eigenvalue weighted by atomic mass is 16.3. The van der Waals surface area contributed by atoms with Gasteiger partial charge in [0.25, 0.3) is 0 Å². The maximum atomic E-state index is 12.0. The number of carbonyl (C=O) groups excluding carboxylic acids is 1. The number of benzene rings is 2. The summed E-state index contributed by atoms with van der Waals surface area (Å²) in [6.07, 6.45) is 4.85. The van der Waals surface area contributed by atoms with E-state index < -0.39 is 6.10 Å². The molecule has 0 radical (unpaired) electrons. The Bertz CT molecular complexity index is 870. The number of aromatic nitrogens is 1. The van der Waals surface area contributed by atoms with Crippen LogP contribution in [0.1, 0.15) is 11.1 Å². The number of nitrogens with one attached hydrogen (secondary N) is 1. The first-order valence-corrected chi connectivity index (χ1v) is 8.24. The molecule has 4 heteroatoms. The number of aliphatic hydroxyl groups is 1. The molecule has 0 saturated heterocycles.